The Kier molecular flexibility index (Phi) is 7.38. The van der Waals surface area contributed by atoms with Gasteiger partial charge in [0.15, 0.2) is 0 Å². The predicted octanol–water partition coefficient (Wildman–Crippen LogP) is 2.59. The minimum absolute atomic E-state index is 0.0925. The molecule has 182 valence electrons. The average Bonchev–Trinajstić information content (AvgIpc) is 2.88. The number of piperidine rings is 1. The van der Waals surface area contributed by atoms with Crippen molar-refractivity contribution in [3.8, 4) is 5.75 Å². The number of methoxy groups -OCH3 is 1. The first kappa shape index (κ1) is 24.0. The fraction of sp³-hybridized carbons (Fsp3) is 0.417. The summed E-state index contributed by atoms with van der Waals surface area (Å²) < 4.78 is 39.7. The number of nitrogens with one attached hydrogen (secondary N) is 1. The van der Waals surface area contributed by atoms with Crippen molar-refractivity contribution in [1.82, 2.24) is 9.80 Å². The van der Waals surface area contributed by atoms with Gasteiger partial charge in [0, 0.05) is 26.2 Å². The van der Waals surface area contributed by atoms with E-state index in [2.05, 4.69) is 4.72 Å². The van der Waals surface area contributed by atoms with Gasteiger partial charge in [-0.05, 0) is 49.6 Å². The molecule has 0 aromatic heterocycles. The first-order chi connectivity index (χ1) is 16.4. The summed E-state index contributed by atoms with van der Waals surface area (Å²) in [6.45, 7) is 3.01. The molecule has 0 unspecified atom stereocenters. The molecule has 1 N–H and O–H groups in total. The molecule has 0 saturated carbocycles. The first-order valence-electron chi connectivity index (χ1n) is 11.4. The summed E-state index contributed by atoms with van der Waals surface area (Å²) >= 11 is 0. The second kappa shape index (κ2) is 10.4. The van der Waals surface area contributed by atoms with Gasteiger partial charge < -0.3 is 19.3 Å². The number of anilines is 1. The summed E-state index contributed by atoms with van der Waals surface area (Å²) in [4.78, 5) is 29.4. The van der Waals surface area contributed by atoms with E-state index in [1.54, 1.807) is 34.1 Å². The van der Waals surface area contributed by atoms with Gasteiger partial charge >= 0.3 is 0 Å². The largest absolute Gasteiger partial charge is 0.496 e. The van der Waals surface area contributed by atoms with Crippen LogP contribution in [0.4, 0.5) is 5.69 Å². The molecule has 2 aliphatic rings. The molecule has 0 spiro atoms. The van der Waals surface area contributed by atoms with Crippen LogP contribution in [0.15, 0.2) is 47.4 Å². The number of carbonyl (C=O) groups excluding carboxylic acids is 2. The van der Waals surface area contributed by atoms with Crippen LogP contribution in [0.5, 0.6) is 5.75 Å². The van der Waals surface area contributed by atoms with E-state index in [0.29, 0.717) is 45.0 Å². The van der Waals surface area contributed by atoms with Crippen LogP contribution >= 0.6 is 0 Å². The second-order valence-electron chi connectivity index (χ2n) is 8.27. The zero-order valence-corrected chi connectivity index (χ0v) is 20.0. The van der Waals surface area contributed by atoms with Gasteiger partial charge in [0.25, 0.3) is 21.8 Å². The minimum Gasteiger partial charge on any atom is -0.496 e. The van der Waals surface area contributed by atoms with E-state index in [-0.39, 0.29) is 33.7 Å². The molecular formula is C24H29N3O6S. The van der Waals surface area contributed by atoms with Crippen molar-refractivity contribution < 1.29 is 27.5 Å². The summed E-state index contributed by atoms with van der Waals surface area (Å²) in [5, 5.41) is 0. The number of ether oxygens (including phenoxy) is 2. The number of sulfonamides is 1. The third kappa shape index (κ3) is 5.18. The Hall–Kier alpha value is -3.11. The predicted molar refractivity (Wildman–Crippen MR) is 127 cm³/mol. The number of benzene rings is 2. The Morgan fingerprint density at radius 3 is 2.24 bits per heavy atom. The highest BCUT2D eigenvalue weighted by Gasteiger charge is 2.26. The normalized spacial score (nSPS) is 16.7. The Balaban J connectivity index is 1.62. The van der Waals surface area contributed by atoms with Gasteiger partial charge in [-0.15, -0.1) is 0 Å². The SMILES string of the molecule is COc1ccc(S(=O)(=O)Nc2ccccc2C(=O)N2CCCCC2)cc1C(=O)N1CCOCC1. The fourth-order valence-electron chi connectivity index (χ4n) is 4.19. The lowest BCUT2D eigenvalue weighted by Crippen LogP contribution is -2.40. The molecule has 2 fully saturated rings. The van der Waals surface area contributed by atoms with Gasteiger partial charge in [0.2, 0.25) is 0 Å². The van der Waals surface area contributed by atoms with E-state index in [1.807, 2.05) is 0 Å². The molecule has 0 radical (unpaired) electrons. The molecule has 2 aromatic carbocycles. The molecule has 10 heteroatoms. The highest BCUT2D eigenvalue weighted by molar-refractivity contribution is 7.92. The zero-order chi connectivity index (χ0) is 24.1. The van der Waals surface area contributed by atoms with Crippen molar-refractivity contribution in [3.05, 3.63) is 53.6 Å². The second-order valence-corrected chi connectivity index (χ2v) is 9.95. The Morgan fingerprint density at radius 2 is 1.53 bits per heavy atom. The van der Waals surface area contributed by atoms with Crippen LogP contribution in [0.3, 0.4) is 0 Å². The number of likely N-dealkylation sites (tertiary alicyclic amines) is 1. The third-order valence-electron chi connectivity index (χ3n) is 6.06. The van der Waals surface area contributed by atoms with Gasteiger partial charge in [0.1, 0.15) is 5.75 Å². The molecule has 2 heterocycles. The minimum atomic E-state index is -4.08. The van der Waals surface area contributed by atoms with Crippen molar-refractivity contribution in [1.29, 1.82) is 0 Å². The number of carbonyl (C=O) groups is 2. The monoisotopic (exact) mass is 487 g/mol. The fourth-order valence-corrected chi connectivity index (χ4v) is 5.29. The van der Waals surface area contributed by atoms with Gasteiger partial charge in [-0.25, -0.2) is 8.42 Å². The maximum absolute atomic E-state index is 13.3. The summed E-state index contributed by atoms with van der Waals surface area (Å²) in [6.07, 6.45) is 2.96. The maximum Gasteiger partial charge on any atom is 0.261 e. The van der Waals surface area contributed by atoms with Crippen molar-refractivity contribution >= 4 is 27.5 Å². The van der Waals surface area contributed by atoms with Crippen molar-refractivity contribution in [3.63, 3.8) is 0 Å². The molecule has 0 aliphatic carbocycles. The van der Waals surface area contributed by atoms with Crippen LogP contribution in [0.2, 0.25) is 0 Å². The van der Waals surface area contributed by atoms with Crippen LogP contribution < -0.4 is 9.46 Å². The number of hydrogen-bond donors (Lipinski definition) is 1. The van der Waals surface area contributed by atoms with Crippen molar-refractivity contribution in [2.75, 3.05) is 51.2 Å². The van der Waals surface area contributed by atoms with Gasteiger partial charge in [-0.3, -0.25) is 14.3 Å². The summed E-state index contributed by atoms with van der Waals surface area (Å²) in [6, 6.07) is 10.7. The smallest absolute Gasteiger partial charge is 0.261 e. The van der Waals surface area contributed by atoms with E-state index in [4.69, 9.17) is 9.47 Å². The summed E-state index contributed by atoms with van der Waals surface area (Å²) in [5.41, 5.74) is 0.658. The van der Waals surface area contributed by atoms with Crippen molar-refractivity contribution in [2.24, 2.45) is 0 Å². The Labute approximate surface area is 199 Å². The quantitative estimate of drug-likeness (QED) is 0.672. The molecular weight excluding hydrogens is 458 g/mol. The molecule has 2 amide bonds. The lowest BCUT2D eigenvalue weighted by Gasteiger charge is -2.28. The van der Waals surface area contributed by atoms with Crippen LogP contribution in [0.1, 0.15) is 40.0 Å². The van der Waals surface area contributed by atoms with E-state index < -0.39 is 10.0 Å². The lowest BCUT2D eigenvalue weighted by molar-refractivity contribution is 0.0300. The number of hydrogen-bond acceptors (Lipinski definition) is 6. The number of amides is 2. The summed E-state index contributed by atoms with van der Waals surface area (Å²) in [5.74, 6) is -0.232. The highest BCUT2D eigenvalue weighted by Crippen LogP contribution is 2.27. The Bertz CT molecular complexity index is 1160. The van der Waals surface area contributed by atoms with Crippen LogP contribution in [-0.2, 0) is 14.8 Å². The van der Waals surface area contributed by atoms with E-state index >= 15 is 0 Å². The maximum atomic E-state index is 13.3. The number of nitrogens with zero attached hydrogens (tertiary/aromatic N) is 2. The van der Waals surface area contributed by atoms with Gasteiger partial charge in [-0.2, -0.15) is 0 Å². The van der Waals surface area contributed by atoms with Gasteiger partial charge in [0.05, 0.1) is 42.0 Å². The molecule has 2 aliphatic heterocycles. The molecule has 4 rings (SSSR count). The van der Waals surface area contributed by atoms with E-state index in [1.165, 1.54) is 25.3 Å². The highest BCUT2D eigenvalue weighted by atomic mass is 32.2. The number of para-hydroxylation sites is 1. The summed E-state index contributed by atoms with van der Waals surface area (Å²) in [7, 11) is -2.65. The van der Waals surface area contributed by atoms with Crippen LogP contribution in [0, 0.1) is 0 Å². The Morgan fingerprint density at radius 1 is 0.882 bits per heavy atom. The number of morpholine rings is 1. The topological polar surface area (TPSA) is 105 Å². The van der Waals surface area contributed by atoms with E-state index in [9.17, 15) is 18.0 Å². The van der Waals surface area contributed by atoms with Crippen molar-refractivity contribution in [2.45, 2.75) is 24.2 Å². The van der Waals surface area contributed by atoms with E-state index in [0.717, 1.165) is 19.3 Å². The zero-order valence-electron chi connectivity index (χ0n) is 19.2. The number of rotatable bonds is 6. The first-order valence-corrected chi connectivity index (χ1v) is 12.9. The molecule has 0 atom stereocenters. The standard InChI is InChI=1S/C24H29N3O6S/c1-32-22-10-9-18(17-20(22)24(29)27-13-15-33-16-14-27)34(30,31)25-21-8-4-3-7-19(21)23(28)26-11-5-2-6-12-26/h3-4,7-10,17,25H,2,5-6,11-16H2,1H3. The van der Waals surface area contributed by atoms with Crippen LogP contribution in [-0.4, -0.2) is 76.5 Å². The molecule has 9 nitrogen and oxygen atoms in total. The average molecular weight is 488 g/mol. The molecule has 0 bridgehead atoms. The lowest BCUT2D eigenvalue weighted by atomic mass is 10.1. The van der Waals surface area contributed by atoms with Crippen LogP contribution in [0.25, 0.3) is 0 Å². The molecule has 34 heavy (non-hydrogen) atoms. The van der Waals surface area contributed by atoms with Gasteiger partial charge in [-0.1, -0.05) is 12.1 Å². The molecule has 2 saturated heterocycles. The third-order valence-corrected chi connectivity index (χ3v) is 7.42. The molecule has 2 aromatic rings.